The van der Waals surface area contributed by atoms with Crippen LogP contribution >= 0.6 is 0 Å². The molecular weight excluding hydrogens is 238 g/mol. The minimum Gasteiger partial charge on any atom is -0.357 e. The third-order valence-corrected chi connectivity index (χ3v) is 3.16. The zero-order valence-corrected chi connectivity index (χ0v) is 12.9. The van der Waals surface area contributed by atoms with E-state index in [2.05, 4.69) is 48.4 Å². The molecule has 0 saturated heterocycles. The highest BCUT2D eigenvalue weighted by atomic mass is 15.3. The highest BCUT2D eigenvalue weighted by molar-refractivity contribution is 5.79. The van der Waals surface area contributed by atoms with Crippen molar-refractivity contribution in [1.82, 2.24) is 20.4 Å². The van der Waals surface area contributed by atoms with E-state index in [0.717, 1.165) is 44.1 Å². The maximum atomic E-state index is 4.49. The molecule has 2 N–H and O–H groups in total. The van der Waals surface area contributed by atoms with Crippen LogP contribution < -0.4 is 10.6 Å². The maximum Gasteiger partial charge on any atom is 0.191 e. The van der Waals surface area contributed by atoms with Gasteiger partial charge in [0, 0.05) is 32.4 Å². The van der Waals surface area contributed by atoms with Crippen LogP contribution in [0.5, 0.6) is 0 Å². The Balaban J connectivity index is 2.51. The molecule has 1 aromatic rings. The van der Waals surface area contributed by atoms with Crippen LogP contribution in [0.25, 0.3) is 0 Å². The summed E-state index contributed by atoms with van der Waals surface area (Å²) >= 11 is 0. The quantitative estimate of drug-likeness (QED) is 0.606. The maximum absolute atomic E-state index is 4.49. The van der Waals surface area contributed by atoms with E-state index in [1.807, 2.05) is 11.7 Å². The monoisotopic (exact) mass is 265 g/mol. The van der Waals surface area contributed by atoms with E-state index in [-0.39, 0.29) is 0 Å². The molecule has 108 valence electrons. The average Bonchev–Trinajstić information content (AvgIpc) is 2.62. The van der Waals surface area contributed by atoms with Gasteiger partial charge in [-0.1, -0.05) is 6.92 Å². The molecule has 0 radical (unpaired) electrons. The molecule has 0 unspecified atom stereocenters. The van der Waals surface area contributed by atoms with E-state index in [0.29, 0.717) is 0 Å². The van der Waals surface area contributed by atoms with Gasteiger partial charge in [-0.2, -0.15) is 5.10 Å². The summed E-state index contributed by atoms with van der Waals surface area (Å²) in [7, 11) is 1.99. The number of nitrogens with one attached hydrogen (secondary N) is 2. The highest BCUT2D eigenvalue weighted by Gasteiger charge is 2.08. The second-order valence-corrected chi connectivity index (χ2v) is 4.71. The summed E-state index contributed by atoms with van der Waals surface area (Å²) in [5.74, 6) is 0.906. The van der Waals surface area contributed by atoms with E-state index >= 15 is 0 Å². The Morgan fingerprint density at radius 3 is 2.53 bits per heavy atom. The van der Waals surface area contributed by atoms with Crippen LogP contribution in [0.4, 0.5) is 0 Å². The molecule has 0 bridgehead atoms. The summed E-state index contributed by atoms with van der Waals surface area (Å²) in [5.41, 5.74) is 3.70. The first-order valence-electron chi connectivity index (χ1n) is 7.11. The van der Waals surface area contributed by atoms with E-state index in [1.54, 1.807) is 0 Å². The number of nitrogens with zero attached hydrogens (tertiary/aromatic N) is 3. The van der Waals surface area contributed by atoms with Crippen molar-refractivity contribution < 1.29 is 0 Å². The van der Waals surface area contributed by atoms with Crippen LogP contribution in [-0.4, -0.2) is 35.4 Å². The molecule has 5 nitrogen and oxygen atoms in total. The van der Waals surface area contributed by atoms with Crippen molar-refractivity contribution in [2.75, 3.05) is 19.6 Å². The summed E-state index contributed by atoms with van der Waals surface area (Å²) in [4.78, 5) is 4.49. The Morgan fingerprint density at radius 2 is 2.00 bits per heavy atom. The van der Waals surface area contributed by atoms with Crippen molar-refractivity contribution >= 4 is 5.96 Å². The molecule has 0 saturated carbocycles. The molecule has 0 fully saturated rings. The fourth-order valence-electron chi connectivity index (χ4n) is 2.05. The highest BCUT2D eigenvalue weighted by Crippen LogP contribution is 2.11. The van der Waals surface area contributed by atoms with Gasteiger partial charge in [-0.15, -0.1) is 0 Å². The SMILES string of the molecule is CCCN=C(NCC)NCCc1c(C)nn(C)c1C. The molecule has 0 aliphatic heterocycles. The number of aliphatic imine (C=N–C) groups is 1. The molecule has 0 aromatic carbocycles. The van der Waals surface area contributed by atoms with Crippen LogP contribution in [0.3, 0.4) is 0 Å². The predicted molar refractivity (Wildman–Crippen MR) is 80.7 cm³/mol. The van der Waals surface area contributed by atoms with Gasteiger partial charge in [-0.3, -0.25) is 9.67 Å². The lowest BCUT2D eigenvalue weighted by atomic mass is 10.1. The largest absolute Gasteiger partial charge is 0.357 e. The Bertz CT molecular complexity index is 420. The summed E-state index contributed by atoms with van der Waals surface area (Å²) in [5, 5.41) is 11.1. The van der Waals surface area contributed by atoms with Gasteiger partial charge in [0.2, 0.25) is 0 Å². The van der Waals surface area contributed by atoms with E-state index in [9.17, 15) is 0 Å². The van der Waals surface area contributed by atoms with Crippen LogP contribution in [0.2, 0.25) is 0 Å². The molecule has 0 amide bonds. The number of aryl methyl sites for hydroxylation is 2. The smallest absolute Gasteiger partial charge is 0.191 e. The van der Waals surface area contributed by atoms with Gasteiger partial charge in [-0.25, -0.2) is 0 Å². The van der Waals surface area contributed by atoms with Gasteiger partial charge in [0.1, 0.15) is 0 Å². The number of guanidine groups is 1. The molecule has 0 spiro atoms. The molecule has 5 heteroatoms. The van der Waals surface area contributed by atoms with Crippen molar-refractivity contribution in [3.05, 3.63) is 17.0 Å². The molecule has 0 atom stereocenters. The second kappa shape index (κ2) is 7.81. The van der Waals surface area contributed by atoms with Crippen molar-refractivity contribution in [2.24, 2.45) is 12.0 Å². The van der Waals surface area contributed by atoms with Gasteiger partial charge in [0.25, 0.3) is 0 Å². The zero-order valence-electron chi connectivity index (χ0n) is 12.9. The molecule has 0 aliphatic rings. The third-order valence-electron chi connectivity index (χ3n) is 3.16. The Labute approximate surface area is 116 Å². The summed E-state index contributed by atoms with van der Waals surface area (Å²) in [6.07, 6.45) is 2.04. The van der Waals surface area contributed by atoms with Crippen molar-refractivity contribution in [1.29, 1.82) is 0 Å². The Morgan fingerprint density at radius 1 is 1.26 bits per heavy atom. The number of rotatable bonds is 6. The summed E-state index contributed by atoms with van der Waals surface area (Å²) in [6, 6.07) is 0. The minimum atomic E-state index is 0.861. The first-order chi connectivity index (χ1) is 9.10. The van der Waals surface area contributed by atoms with E-state index < -0.39 is 0 Å². The Hall–Kier alpha value is -1.52. The summed E-state index contributed by atoms with van der Waals surface area (Å²) < 4.78 is 1.95. The number of hydrogen-bond acceptors (Lipinski definition) is 2. The zero-order chi connectivity index (χ0) is 14.3. The van der Waals surface area contributed by atoms with Crippen LogP contribution in [-0.2, 0) is 13.5 Å². The molecule has 19 heavy (non-hydrogen) atoms. The van der Waals surface area contributed by atoms with Gasteiger partial charge in [-0.05, 0) is 39.2 Å². The Kier molecular flexibility index (Phi) is 6.39. The topological polar surface area (TPSA) is 54.2 Å². The van der Waals surface area contributed by atoms with Gasteiger partial charge < -0.3 is 10.6 Å². The minimum absolute atomic E-state index is 0.861. The second-order valence-electron chi connectivity index (χ2n) is 4.71. The third kappa shape index (κ3) is 4.58. The lowest BCUT2D eigenvalue weighted by Gasteiger charge is -2.11. The number of aromatic nitrogens is 2. The molecular formula is C14H27N5. The van der Waals surface area contributed by atoms with Crippen molar-refractivity contribution in [3.8, 4) is 0 Å². The van der Waals surface area contributed by atoms with E-state index in [4.69, 9.17) is 0 Å². The van der Waals surface area contributed by atoms with Crippen LogP contribution in [0, 0.1) is 13.8 Å². The normalized spacial score (nSPS) is 11.7. The fraction of sp³-hybridized carbons (Fsp3) is 0.714. The van der Waals surface area contributed by atoms with Crippen LogP contribution in [0.1, 0.15) is 37.2 Å². The first kappa shape index (κ1) is 15.5. The standard InChI is InChI=1S/C14H27N5/c1-6-9-16-14(15-7-2)17-10-8-13-11(3)18-19(5)12(13)4/h6-10H2,1-5H3,(H2,15,16,17). The molecule has 1 aromatic heterocycles. The van der Waals surface area contributed by atoms with Gasteiger partial charge in [0.05, 0.1) is 5.69 Å². The lowest BCUT2D eigenvalue weighted by molar-refractivity contribution is 0.729. The predicted octanol–water partition coefficient (Wildman–Crippen LogP) is 1.54. The van der Waals surface area contributed by atoms with Crippen LogP contribution in [0.15, 0.2) is 4.99 Å². The molecule has 1 heterocycles. The van der Waals surface area contributed by atoms with E-state index in [1.165, 1.54) is 11.3 Å². The number of hydrogen-bond donors (Lipinski definition) is 2. The van der Waals surface area contributed by atoms with Crippen molar-refractivity contribution in [2.45, 2.75) is 40.5 Å². The lowest BCUT2D eigenvalue weighted by Crippen LogP contribution is -2.38. The molecule has 1 rings (SSSR count). The average molecular weight is 265 g/mol. The summed E-state index contributed by atoms with van der Waals surface area (Å²) in [6.45, 7) is 11.0. The van der Waals surface area contributed by atoms with Gasteiger partial charge in [0.15, 0.2) is 5.96 Å². The first-order valence-corrected chi connectivity index (χ1v) is 7.11. The fourth-order valence-corrected chi connectivity index (χ4v) is 2.05. The molecule has 0 aliphatic carbocycles. The van der Waals surface area contributed by atoms with Gasteiger partial charge >= 0.3 is 0 Å². The van der Waals surface area contributed by atoms with Crippen molar-refractivity contribution in [3.63, 3.8) is 0 Å².